The molecule has 0 N–H and O–H groups in total. The summed E-state index contributed by atoms with van der Waals surface area (Å²) in [6.07, 6.45) is 4.79. The Morgan fingerprint density at radius 3 is 2.83 bits per heavy atom. The lowest BCUT2D eigenvalue weighted by atomic mass is 9.82. The molecule has 7 nitrogen and oxygen atoms in total. The zero-order chi connectivity index (χ0) is 20.2. The predicted molar refractivity (Wildman–Crippen MR) is 107 cm³/mol. The zero-order valence-corrected chi connectivity index (χ0v) is 16.8. The summed E-state index contributed by atoms with van der Waals surface area (Å²) in [5.74, 6) is 0.796. The second-order valence-electron chi connectivity index (χ2n) is 7.92. The molecule has 3 heterocycles. The van der Waals surface area contributed by atoms with E-state index in [2.05, 4.69) is 11.1 Å². The van der Waals surface area contributed by atoms with Crippen LogP contribution in [0.3, 0.4) is 0 Å². The van der Waals surface area contributed by atoms with Crippen LogP contribution >= 0.6 is 0 Å². The van der Waals surface area contributed by atoms with Crippen LogP contribution in [-0.2, 0) is 19.1 Å². The van der Waals surface area contributed by atoms with E-state index in [1.165, 1.54) is 12.7 Å². The van der Waals surface area contributed by atoms with Gasteiger partial charge >= 0.3 is 0 Å². The fraction of sp³-hybridized carbons (Fsp3) is 0.591. The van der Waals surface area contributed by atoms with Crippen molar-refractivity contribution >= 4 is 17.5 Å². The molecule has 29 heavy (non-hydrogen) atoms. The molecule has 7 heteroatoms. The van der Waals surface area contributed by atoms with Crippen LogP contribution in [-0.4, -0.2) is 68.0 Å². The van der Waals surface area contributed by atoms with Crippen LogP contribution in [0.15, 0.2) is 29.3 Å². The number of hydrogen-bond donors (Lipinski definition) is 0. The number of carbonyl (C=O) groups excluding carboxylic acids is 2. The number of methoxy groups -OCH3 is 1. The highest BCUT2D eigenvalue weighted by Gasteiger charge is 2.36. The third-order valence-corrected chi connectivity index (χ3v) is 6.10. The molecule has 156 valence electrons. The van der Waals surface area contributed by atoms with E-state index in [4.69, 9.17) is 14.2 Å². The molecular formula is C22H28N2O5. The number of amides is 2. The molecule has 1 aliphatic carbocycles. The quantitative estimate of drug-likeness (QED) is 0.762. The number of ether oxygens (including phenoxy) is 3. The van der Waals surface area contributed by atoms with Crippen molar-refractivity contribution in [2.24, 2.45) is 4.99 Å². The lowest BCUT2D eigenvalue weighted by Gasteiger charge is -2.30. The van der Waals surface area contributed by atoms with Crippen LogP contribution in [0.5, 0.6) is 5.75 Å². The summed E-state index contributed by atoms with van der Waals surface area (Å²) in [5, 5.41) is 0. The number of aliphatic imine (C=N–C) groups is 1. The monoisotopic (exact) mass is 400 g/mol. The van der Waals surface area contributed by atoms with Crippen molar-refractivity contribution in [3.05, 3.63) is 29.8 Å². The summed E-state index contributed by atoms with van der Waals surface area (Å²) in [5.41, 5.74) is 1.88. The Morgan fingerprint density at radius 2 is 2.03 bits per heavy atom. The molecule has 1 atom stereocenters. The van der Waals surface area contributed by atoms with Gasteiger partial charge in [-0.05, 0) is 43.2 Å². The predicted octanol–water partition coefficient (Wildman–Crippen LogP) is 2.34. The van der Waals surface area contributed by atoms with Gasteiger partial charge in [0, 0.05) is 25.8 Å². The first-order valence-corrected chi connectivity index (χ1v) is 10.4. The molecule has 0 aromatic heterocycles. The van der Waals surface area contributed by atoms with Crippen molar-refractivity contribution in [3.8, 4) is 5.75 Å². The molecule has 2 fully saturated rings. The van der Waals surface area contributed by atoms with Gasteiger partial charge in [0.2, 0.25) is 0 Å². The average molecular weight is 400 g/mol. The van der Waals surface area contributed by atoms with E-state index in [1.54, 1.807) is 4.90 Å². The van der Waals surface area contributed by atoms with Crippen LogP contribution in [0.4, 0.5) is 0 Å². The van der Waals surface area contributed by atoms with Gasteiger partial charge in [-0.1, -0.05) is 18.2 Å². The lowest BCUT2D eigenvalue weighted by molar-refractivity contribution is -0.135. The smallest absolute Gasteiger partial charge is 0.271 e. The average Bonchev–Trinajstić information content (AvgIpc) is 3.13. The van der Waals surface area contributed by atoms with E-state index in [1.807, 2.05) is 18.2 Å². The summed E-state index contributed by atoms with van der Waals surface area (Å²) in [7, 11) is 1.47. The number of rotatable bonds is 2. The van der Waals surface area contributed by atoms with Gasteiger partial charge in [0.05, 0.1) is 18.8 Å². The second kappa shape index (κ2) is 9.05. The fourth-order valence-corrected chi connectivity index (χ4v) is 4.61. The van der Waals surface area contributed by atoms with Crippen LogP contribution < -0.4 is 4.74 Å². The SMILES string of the molecule is COCC(=O)N=C1CCN2C(=O)COc3ccccc3C3CCC(CC3)OCC12. The number of benzene rings is 1. The molecule has 1 aromatic rings. The molecule has 1 saturated heterocycles. The molecule has 1 saturated carbocycles. The van der Waals surface area contributed by atoms with E-state index in [9.17, 15) is 9.59 Å². The van der Waals surface area contributed by atoms with Crippen molar-refractivity contribution < 1.29 is 23.8 Å². The third-order valence-electron chi connectivity index (χ3n) is 6.10. The summed E-state index contributed by atoms with van der Waals surface area (Å²) in [6, 6.07) is 7.71. The Balaban J connectivity index is 1.59. The minimum absolute atomic E-state index is 0.0248. The topological polar surface area (TPSA) is 77.4 Å². The standard InChI is InChI=1S/C22H28N2O5/c1-27-13-21(25)23-18-10-11-24-19(18)12-28-16-8-6-15(7-9-16)17-4-2-3-5-20(17)29-14-22(24)26/h2-5,15-16,19H,6-14H2,1H3. The number of fused-ring (bicyclic) bond motifs is 5. The fourth-order valence-electron chi connectivity index (χ4n) is 4.61. The molecule has 1 unspecified atom stereocenters. The van der Waals surface area contributed by atoms with E-state index in [0.29, 0.717) is 31.2 Å². The van der Waals surface area contributed by atoms with Gasteiger partial charge in [-0.15, -0.1) is 0 Å². The number of carbonyl (C=O) groups is 2. The van der Waals surface area contributed by atoms with Crippen molar-refractivity contribution in [1.29, 1.82) is 0 Å². The van der Waals surface area contributed by atoms with Gasteiger partial charge in [-0.3, -0.25) is 9.59 Å². The first kappa shape index (κ1) is 20.0. The Bertz CT molecular complexity index is 785. The van der Waals surface area contributed by atoms with Crippen molar-refractivity contribution in [2.45, 2.75) is 50.2 Å². The molecule has 0 spiro atoms. The molecule has 0 radical (unpaired) electrons. The summed E-state index contributed by atoms with van der Waals surface area (Å²) in [6.45, 7) is 0.801. The third kappa shape index (κ3) is 4.51. The number of hydrogen-bond acceptors (Lipinski definition) is 5. The van der Waals surface area contributed by atoms with Gasteiger partial charge in [0.25, 0.3) is 11.8 Å². The second-order valence-corrected chi connectivity index (χ2v) is 7.92. The first-order valence-electron chi connectivity index (χ1n) is 10.4. The van der Waals surface area contributed by atoms with Crippen molar-refractivity contribution in [1.82, 2.24) is 4.90 Å². The Hall–Kier alpha value is -2.25. The molecule has 4 aliphatic rings. The van der Waals surface area contributed by atoms with E-state index in [0.717, 1.165) is 31.4 Å². The van der Waals surface area contributed by atoms with E-state index < -0.39 is 0 Å². The largest absolute Gasteiger partial charge is 0.483 e. The Morgan fingerprint density at radius 1 is 1.24 bits per heavy atom. The summed E-state index contributed by atoms with van der Waals surface area (Å²) < 4.78 is 17.1. The maximum absolute atomic E-state index is 12.9. The number of nitrogens with zero attached hydrogens (tertiary/aromatic N) is 2. The molecule has 2 bridgehead atoms. The summed E-state index contributed by atoms with van der Waals surface area (Å²) in [4.78, 5) is 30.8. The summed E-state index contributed by atoms with van der Waals surface area (Å²) >= 11 is 0. The van der Waals surface area contributed by atoms with Crippen molar-refractivity contribution in [3.63, 3.8) is 0 Å². The van der Waals surface area contributed by atoms with Gasteiger partial charge in [0.15, 0.2) is 6.61 Å². The van der Waals surface area contributed by atoms with E-state index >= 15 is 0 Å². The van der Waals surface area contributed by atoms with E-state index in [-0.39, 0.29) is 37.2 Å². The molecular weight excluding hydrogens is 372 g/mol. The minimum Gasteiger partial charge on any atom is -0.483 e. The van der Waals surface area contributed by atoms with Gasteiger partial charge < -0.3 is 19.1 Å². The lowest BCUT2D eigenvalue weighted by Crippen LogP contribution is -2.44. The molecule has 2 amide bonds. The molecule has 3 aliphatic heterocycles. The Labute approximate surface area is 171 Å². The van der Waals surface area contributed by atoms with Crippen LogP contribution in [0.2, 0.25) is 0 Å². The highest BCUT2D eigenvalue weighted by molar-refractivity contribution is 6.02. The minimum atomic E-state index is -0.328. The van der Waals surface area contributed by atoms with Gasteiger partial charge in [-0.2, -0.15) is 0 Å². The first-order chi connectivity index (χ1) is 14.2. The van der Waals surface area contributed by atoms with Crippen molar-refractivity contribution in [2.75, 3.05) is 33.5 Å². The maximum atomic E-state index is 12.9. The van der Waals surface area contributed by atoms with Crippen LogP contribution in [0, 0.1) is 0 Å². The zero-order valence-electron chi connectivity index (χ0n) is 16.8. The highest BCUT2D eigenvalue weighted by Crippen LogP contribution is 2.38. The number of para-hydroxylation sites is 1. The van der Waals surface area contributed by atoms with Crippen LogP contribution in [0.1, 0.15) is 43.6 Å². The Kier molecular flexibility index (Phi) is 6.25. The molecule has 5 rings (SSSR count). The van der Waals surface area contributed by atoms with Gasteiger partial charge in [0.1, 0.15) is 12.4 Å². The normalized spacial score (nSPS) is 28.7. The van der Waals surface area contributed by atoms with Crippen LogP contribution in [0.25, 0.3) is 0 Å². The maximum Gasteiger partial charge on any atom is 0.271 e. The molecule has 1 aromatic carbocycles. The highest BCUT2D eigenvalue weighted by atomic mass is 16.5. The van der Waals surface area contributed by atoms with Gasteiger partial charge in [-0.25, -0.2) is 4.99 Å².